The van der Waals surface area contributed by atoms with Crippen LogP contribution in [0.2, 0.25) is 0 Å². The Bertz CT molecular complexity index is 2000. The van der Waals surface area contributed by atoms with Crippen LogP contribution < -0.4 is 32.8 Å². The standard InChI is InChI=1S/C37H41FN6O8/c1-20(2)17-27(33(47)42-26(36(50)51)9-6-16-41-37(39)40)43-34(48)28(18-21-7-4-3-5-8-21)44-35(49)32-30(22-10-12-23(38)13-11-22)31(46)25-15-14-24(45)19-29(25)52-32/h3-5,7-8,10-15,19-20,26-28,45H,6,9,16-18H2,1-2H3,(H,42,47)(H,43,48)(H,44,49)(H,50,51)(H4,39,40,41)/t26-,27+,28+/m1/s1. The van der Waals surface area contributed by atoms with Crippen LogP contribution in [0.15, 0.2) is 87.0 Å². The van der Waals surface area contributed by atoms with Crippen LogP contribution in [0.3, 0.4) is 0 Å². The number of fused-ring (bicyclic) bond motifs is 1. The lowest BCUT2D eigenvalue weighted by Gasteiger charge is -2.25. The Hall–Kier alpha value is -6.25. The second-order valence-electron chi connectivity index (χ2n) is 12.6. The SMILES string of the molecule is CC(C)C[C@H](NC(=O)[C@H](Cc1ccccc1)NC(=O)c1oc2cc(O)ccc2c(=O)c1-c1ccc(F)cc1)C(=O)N[C@H](CCCN=C(N)N)C(=O)O. The second-order valence-corrected chi connectivity index (χ2v) is 12.6. The van der Waals surface area contributed by atoms with Gasteiger partial charge in [-0.3, -0.25) is 24.2 Å². The molecule has 0 saturated heterocycles. The molecule has 14 nitrogen and oxygen atoms in total. The molecule has 3 amide bonds. The Balaban J connectivity index is 1.67. The van der Waals surface area contributed by atoms with Gasteiger partial charge >= 0.3 is 5.97 Å². The molecule has 0 aliphatic carbocycles. The van der Waals surface area contributed by atoms with E-state index in [-0.39, 0.29) is 72.0 Å². The average Bonchev–Trinajstić information content (AvgIpc) is 3.09. The first kappa shape index (κ1) is 38.6. The molecule has 1 aromatic heterocycles. The Labute approximate surface area is 298 Å². The summed E-state index contributed by atoms with van der Waals surface area (Å²) in [6.45, 7) is 3.78. The average molecular weight is 717 g/mol. The summed E-state index contributed by atoms with van der Waals surface area (Å²) in [5.41, 5.74) is 10.5. The zero-order valence-corrected chi connectivity index (χ0v) is 28.6. The van der Waals surface area contributed by atoms with Crippen molar-refractivity contribution in [2.45, 2.75) is 57.7 Å². The Morgan fingerprint density at radius 3 is 2.17 bits per heavy atom. The van der Waals surface area contributed by atoms with E-state index in [4.69, 9.17) is 15.9 Å². The lowest BCUT2D eigenvalue weighted by atomic mass is 9.99. The lowest BCUT2D eigenvalue weighted by Crippen LogP contribution is -2.56. The molecule has 0 aliphatic rings. The summed E-state index contributed by atoms with van der Waals surface area (Å²) < 4.78 is 19.7. The third-order valence-electron chi connectivity index (χ3n) is 8.02. The topological polar surface area (TPSA) is 239 Å². The van der Waals surface area contributed by atoms with Crippen molar-refractivity contribution in [2.24, 2.45) is 22.4 Å². The number of hydrogen-bond donors (Lipinski definition) is 7. The first-order valence-electron chi connectivity index (χ1n) is 16.5. The van der Waals surface area contributed by atoms with E-state index in [9.17, 15) is 38.6 Å². The van der Waals surface area contributed by atoms with Gasteiger partial charge < -0.3 is 42.0 Å². The number of nitrogens with one attached hydrogen (secondary N) is 3. The highest BCUT2D eigenvalue weighted by Gasteiger charge is 2.32. The molecule has 0 radical (unpaired) electrons. The van der Waals surface area contributed by atoms with E-state index in [0.717, 1.165) is 18.2 Å². The molecule has 0 unspecified atom stereocenters. The van der Waals surface area contributed by atoms with Gasteiger partial charge in [-0.25, -0.2) is 9.18 Å². The minimum absolute atomic E-state index is 0.0119. The minimum Gasteiger partial charge on any atom is -0.508 e. The molecular weight excluding hydrogens is 675 g/mol. The van der Waals surface area contributed by atoms with E-state index in [1.54, 1.807) is 30.3 Å². The molecule has 15 heteroatoms. The van der Waals surface area contributed by atoms with Crippen molar-refractivity contribution in [1.82, 2.24) is 16.0 Å². The number of hydrogen-bond acceptors (Lipinski definition) is 8. The number of aliphatic imine (C=N–C) groups is 1. The second kappa shape index (κ2) is 17.6. The fourth-order valence-corrected chi connectivity index (χ4v) is 5.51. The molecule has 9 N–H and O–H groups in total. The zero-order chi connectivity index (χ0) is 37.9. The summed E-state index contributed by atoms with van der Waals surface area (Å²) in [6.07, 6.45) is 0.340. The van der Waals surface area contributed by atoms with Crippen LogP contribution in [0.25, 0.3) is 22.1 Å². The molecule has 1 heterocycles. The molecule has 0 spiro atoms. The number of nitrogens with two attached hydrogens (primary N) is 2. The maximum Gasteiger partial charge on any atom is 0.326 e. The van der Waals surface area contributed by atoms with Crippen molar-refractivity contribution in [2.75, 3.05) is 6.54 Å². The molecule has 52 heavy (non-hydrogen) atoms. The van der Waals surface area contributed by atoms with Crippen LogP contribution in [0.1, 0.15) is 49.2 Å². The van der Waals surface area contributed by atoms with Crippen molar-refractivity contribution in [3.8, 4) is 16.9 Å². The van der Waals surface area contributed by atoms with E-state index in [2.05, 4.69) is 20.9 Å². The van der Waals surface area contributed by atoms with Crippen LogP contribution in [0.5, 0.6) is 5.75 Å². The lowest BCUT2D eigenvalue weighted by molar-refractivity contribution is -0.142. The summed E-state index contributed by atoms with van der Waals surface area (Å²) in [6, 6.07) is 13.5. The molecule has 274 valence electrons. The van der Waals surface area contributed by atoms with Gasteiger partial charge in [0.2, 0.25) is 23.0 Å². The first-order valence-corrected chi connectivity index (χ1v) is 16.5. The van der Waals surface area contributed by atoms with Crippen molar-refractivity contribution in [1.29, 1.82) is 0 Å². The maximum atomic E-state index is 14.0. The van der Waals surface area contributed by atoms with Crippen LogP contribution in [-0.2, 0) is 20.8 Å². The van der Waals surface area contributed by atoms with E-state index >= 15 is 0 Å². The number of carbonyl (C=O) groups is 4. The molecule has 3 aromatic carbocycles. The molecule has 0 fully saturated rings. The number of aliphatic carboxylic acids is 1. The van der Waals surface area contributed by atoms with Gasteiger partial charge in [0.15, 0.2) is 5.96 Å². The summed E-state index contributed by atoms with van der Waals surface area (Å²) in [5, 5.41) is 27.6. The van der Waals surface area contributed by atoms with Crippen LogP contribution in [-0.4, -0.2) is 64.5 Å². The summed E-state index contributed by atoms with van der Waals surface area (Å²) in [7, 11) is 0. The molecule has 0 bridgehead atoms. The number of benzene rings is 3. The monoisotopic (exact) mass is 716 g/mol. The van der Waals surface area contributed by atoms with Crippen molar-refractivity contribution in [3.63, 3.8) is 0 Å². The zero-order valence-electron chi connectivity index (χ0n) is 28.6. The van der Waals surface area contributed by atoms with Gasteiger partial charge in [0.1, 0.15) is 35.3 Å². The minimum atomic E-state index is -1.33. The van der Waals surface area contributed by atoms with Crippen LogP contribution in [0.4, 0.5) is 4.39 Å². The molecular formula is C37H41FN6O8. The quantitative estimate of drug-likeness (QED) is 0.0508. The largest absolute Gasteiger partial charge is 0.508 e. The Morgan fingerprint density at radius 1 is 0.885 bits per heavy atom. The van der Waals surface area contributed by atoms with Crippen molar-refractivity contribution in [3.05, 3.63) is 100 Å². The number of rotatable bonds is 16. The number of halogens is 1. The molecule has 4 rings (SSSR count). The van der Waals surface area contributed by atoms with Crippen LogP contribution >= 0.6 is 0 Å². The number of carboxylic acid groups (broad SMARTS) is 1. The molecule has 3 atom stereocenters. The molecule has 4 aromatic rings. The molecule has 0 aliphatic heterocycles. The predicted molar refractivity (Wildman–Crippen MR) is 192 cm³/mol. The number of phenols is 1. The summed E-state index contributed by atoms with van der Waals surface area (Å²) in [5.74, 6) is -5.37. The normalized spacial score (nSPS) is 12.8. The van der Waals surface area contributed by atoms with Gasteiger partial charge in [0.05, 0.1) is 10.9 Å². The fraction of sp³-hybridized carbons (Fsp3) is 0.297. The van der Waals surface area contributed by atoms with Gasteiger partial charge in [-0.2, -0.15) is 0 Å². The summed E-state index contributed by atoms with van der Waals surface area (Å²) in [4.78, 5) is 71.0. The van der Waals surface area contributed by atoms with Crippen LogP contribution in [0, 0.1) is 11.7 Å². The van der Waals surface area contributed by atoms with E-state index in [1.165, 1.54) is 24.3 Å². The molecule has 0 saturated carbocycles. The number of amides is 3. The van der Waals surface area contributed by atoms with Crippen molar-refractivity contribution < 1.29 is 38.2 Å². The van der Waals surface area contributed by atoms with E-state index in [1.807, 2.05) is 13.8 Å². The third-order valence-corrected chi connectivity index (χ3v) is 8.02. The maximum absolute atomic E-state index is 14.0. The van der Waals surface area contributed by atoms with Gasteiger partial charge in [0, 0.05) is 19.0 Å². The highest BCUT2D eigenvalue weighted by Crippen LogP contribution is 2.27. The number of carboxylic acids is 1. The Kier molecular flexibility index (Phi) is 13.1. The predicted octanol–water partition coefficient (Wildman–Crippen LogP) is 2.80. The summed E-state index contributed by atoms with van der Waals surface area (Å²) >= 11 is 0. The van der Waals surface area contributed by atoms with Gasteiger partial charge in [-0.1, -0.05) is 56.3 Å². The Morgan fingerprint density at radius 2 is 1.54 bits per heavy atom. The van der Waals surface area contributed by atoms with E-state index in [0.29, 0.717) is 5.56 Å². The smallest absolute Gasteiger partial charge is 0.326 e. The third kappa shape index (κ3) is 10.4. The van der Waals surface area contributed by atoms with Gasteiger partial charge in [-0.05, 0) is 60.6 Å². The highest BCUT2D eigenvalue weighted by molar-refractivity contribution is 6.03. The van der Waals surface area contributed by atoms with Gasteiger partial charge in [0.25, 0.3) is 5.91 Å². The first-order chi connectivity index (χ1) is 24.7. The number of phenolic OH excluding ortho intramolecular Hbond substituents is 1. The number of carbonyl (C=O) groups excluding carboxylic acids is 3. The van der Waals surface area contributed by atoms with Crippen molar-refractivity contribution >= 4 is 40.6 Å². The fourth-order valence-electron chi connectivity index (χ4n) is 5.51. The number of guanidine groups is 1. The number of nitrogens with zero attached hydrogens (tertiary/aromatic N) is 1. The van der Waals surface area contributed by atoms with Gasteiger partial charge in [-0.15, -0.1) is 0 Å². The van der Waals surface area contributed by atoms with E-state index < -0.39 is 58.8 Å². The highest BCUT2D eigenvalue weighted by atomic mass is 19.1. The number of aromatic hydroxyl groups is 1.